The maximum atomic E-state index is 13.2. The fraction of sp³-hybridized carbons (Fsp3) is 0.157. The molecule has 0 aliphatic carbocycles. The lowest BCUT2D eigenvalue weighted by molar-refractivity contribution is -0.270. The third kappa shape index (κ3) is 9.09. The fourth-order valence-electron chi connectivity index (χ4n) is 7.72. The number of hydrogen-bond donors (Lipinski definition) is 4. The third-order valence-corrected chi connectivity index (χ3v) is 15.4. The van der Waals surface area contributed by atoms with Crippen molar-refractivity contribution in [2.24, 2.45) is 0 Å². The van der Waals surface area contributed by atoms with Gasteiger partial charge >= 0.3 is 5.97 Å². The molecule has 1 unspecified atom stereocenters. The van der Waals surface area contributed by atoms with Crippen LogP contribution >= 0.6 is 7.26 Å². The zero-order chi connectivity index (χ0) is 41.4. The normalized spacial score (nSPS) is 11.7. The van der Waals surface area contributed by atoms with E-state index in [-0.39, 0.29) is 23.0 Å². The predicted octanol–water partition coefficient (Wildman–Crippen LogP) is 9.03. The van der Waals surface area contributed by atoms with Gasteiger partial charge in [-0.2, -0.15) is 0 Å². The zero-order valence-corrected chi connectivity index (χ0v) is 34.2. The Morgan fingerprint density at radius 1 is 0.500 bits per heavy atom. The highest BCUT2D eigenvalue weighted by atomic mass is 31.2. The molecule has 0 amide bonds. The summed E-state index contributed by atoms with van der Waals surface area (Å²) in [5.74, 6) is -0.326. The van der Waals surface area contributed by atoms with Gasteiger partial charge in [-0.1, -0.05) is 137 Å². The van der Waals surface area contributed by atoms with Crippen LogP contribution in [0.5, 0.6) is 23.0 Å². The maximum Gasteiger partial charge on any atom is 0.345 e. The second-order valence-electron chi connectivity index (χ2n) is 14.9. The van der Waals surface area contributed by atoms with Gasteiger partial charge in [0.25, 0.3) is 0 Å². The predicted molar refractivity (Wildman–Crippen MR) is 235 cm³/mol. The van der Waals surface area contributed by atoms with E-state index in [0.717, 1.165) is 38.2 Å². The summed E-state index contributed by atoms with van der Waals surface area (Å²) in [6.07, 6.45) is 1.04. The molecule has 58 heavy (non-hydrogen) atoms. The Morgan fingerprint density at radius 3 is 1.26 bits per heavy atom. The zero-order valence-electron chi connectivity index (χ0n) is 33.3. The molecule has 7 aromatic carbocycles. The Kier molecular flexibility index (Phi) is 13.0. The minimum atomic E-state index is -2.30. The van der Waals surface area contributed by atoms with E-state index < -0.39 is 18.9 Å². The van der Waals surface area contributed by atoms with Gasteiger partial charge in [-0.05, 0) is 98.5 Å². The van der Waals surface area contributed by atoms with Crippen LogP contribution in [0.2, 0.25) is 0 Å². The number of rotatable bonds is 11. The molecule has 0 heterocycles. The average molecular weight is 789 g/mol. The van der Waals surface area contributed by atoms with E-state index >= 15 is 0 Å². The number of aromatic hydroxyl groups is 3. The summed E-state index contributed by atoms with van der Waals surface area (Å²) >= 11 is 0. The monoisotopic (exact) mass is 788 g/mol. The Hall–Kier alpha value is -6.36. The van der Waals surface area contributed by atoms with Gasteiger partial charge < -0.3 is 25.5 Å². The second kappa shape index (κ2) is 18.3. The van der Waals surface area contributed by atoms with Crippen LogP contribution in [0.25, 0.3) is 0 Å². The van der Waals surface area contributed by atoms with Crippen molar-refractivity contribution in [2.75, 3.05) is 0 Å². The minimum absolute atomic E-state index is 0.0813. The van der Waals surface area contributed by atoms with Crippen LogP contribution < -0.4 is 21.0 Å². The van der Waals surface area contributed by atoms with Crippen molar-refractivity contribution in [3.05, 3.63) is 208 Å². The number of para-hydroxylation sites is 1. The molecular formula is C51H49O6P. The van der Waals surface area contributed by atoms with E-state index in [1.807, 2.05) is 125 Å². The molecule has 294 valence electrons. The van der Waals surface area contributed by atoms with Crippen molar-refractivity contribution in [3.63, 3.8) is 0 Å². The molecule has 6 nitrogen and oxygen atoms in total. The van der Waals surface area contributed by atoms with E-state index in [9.17, 15) is 30.3 Å². The molecule has 4 N–H and O–H groups in total. The molecule has 0 aromatic heterocycles. The molecule has 7 heteroatoms. The Bertz CT molecular complexity index is 2400. The lowest BCUT2D eigenvalue weighted by Crippen LogP contribution is -2.41. The third-order valence-electron chi connectivity index (χ3n) is 10.6. The lowest BCUT2D eigenvalue weighted by Gasteiger charge is -2.30. The number of aryl methyl sites for hydroxylation is 3. The first kappa shape index (κ1) is 41.3. The van der Waals surface area contributed by atoms with Crippen LogP contribution in [0.4, 0.5) is 0 Å². The SMILES string of the molecule is CC(C(=O)O)[P+](c1ccccc1)(c1ccccc1)c1ccccc1.Cc1ccc(O)c(Cc2cccc(Cc3cc(C)cc(Cc4cc(C)ccc4O)c3O)c2[O-])c1. The molecule has 0 spiro atoms. The van der Waals surface area contributed by atoms with Gasteiger partial charge in [-0.3, -0.25) is 0 Å². The van der Waals surface area contributed by atoms with Crippen LogP contribution in [0.1, 0.15) is 57.0 Å². The van der Waals surface area contributed by atoms with Crippen LogP contribution in [0.15, 0.2) is 158 Å². The molecule has 7 aromatic rings. The number of carboxylic acid groups (broad SMARTS) is 1. The average Bonchev–Trinajstić information content (AvgIpc) is 3.22. The summed E-state index contributed by atoms with van der Waals surface area (Å²) in [6.45, 7) is 7.70. The number of carboxylic acids is 1. The van der Waals surface area contributed by atoms with Crippen LogP contribution in [-0.4, -0.2) is 32.1 Å². The molecular weight excluding hydrogens is 740 g/mol. The van der Waals surface area contributed by atoms with Gasteiger partial charge in [-0.15, -0.1) is 5.75 Å². The van der Waals surface area contributed by atoms with Crippen molar-refractivity contribution in [1.29, 1.82) is 0 Å². The lowest BCUT2D eigenvalue weighted by atomic mass is 9.93. The summed E-state index contributed by atoms with van der Waals surface area (Å²) < 4.78 is 0. The van der Waals surface area contributed by atoms with Gasteiger partial charge in [0.1, 0.15) is 40.4 Å². The molecule has 0 aliphatic rings. The molecule has 0 bridgehead atoms. The number of benzene rings is 7. The Labute approximate surface area is 341 Å². The van der Waals surface area contributed by atoms with E-state index in [2.05, 4.69) is 36.4 Å². The summed E-state index contributed by atoms with van der Waals surface area (Å²) in [5, 5.41) is 57.9. The van der Waals surface area contributed by atoms with Crippen molar-refractivity contribution in [3.8, 4) is 23.0 Å². The highest BCUT2D eigenvalue weighted by Gasteiger charge is 2.53. The first-order valence-electron chi connectivity index (χ1n) is 19.3. The van der Waals surface area contributed by atoms with E-state index in [4.69, 9.17) is 0 Å². The van der Waals surface area contributed by atoms with E-state index in [1.54, 1.807) is 24.3 Å². The number of hydrogen-bond acceptors (Lipinski definition) is 5. The first-order valence-corrected chi connectivity index (χ1v) is 21.2. The highest BCUT2D eigenvalue weighted by Crippen LogP contribution is 2.59. The summed E-state index contributed by atoms with van der Waals surface area (Å²) in [6, 6.07) is 50.3. The molecule has 0 aliphatic heterocycles. The van der Waals surface area contributed by atoms with Crippen LogP contribution in [0, 0.1) is 20.8 Å². The number of phenols is 3. The van der Waals surface area contributed by atoms with Crippen LogP contribution in [0.3, 0.4) is 0 Å². The maximum absolute atomic E-state index is 13.2. The van der Waals surface area contributed by atoms with Gasteiger partial charge in [0.15, 0.2) is 5.66 Å². The number of carbonyl (C=O) groups is 1. The number of phenolic OH excluding ortho intramolecular Hbond substituents is 3. The topological polar surface area (TPSA) is 121 Å². The Morgan fingerprint density at radius 2 is 0.862 bits per heavy atom. The summed E-state index contributed by atoms with van der Waals surface area (Å²) in [7, 11) is -2.30. The van der Waals surface area contributed by atoms with E-state index in [1.165, 1.54) is 0 Å². The van der Waals surface area contributed by atoms with Gasteiger partial charge in [0, 0.05) is 19.3 Å². The molecule has 0 fully saturated rings. The summed E-state index contributed by atoms with van der Waals surface area (Å²) in [5.41, 5.74) is 6.57. The van der Waals surface area contributed by atoms with Crippen molar-refractivity contribution < 1.29 is 30.3 Å². The standard InChI is InChI=1S/C30H30O4.C21H19O2P/c1-18-7-9-27(31)23(11-18)15-21-5-4-6-22(29(21)33)16-25-13-20(3)14-26(30(25)34)17-24-12-19(2)8-10-28(24)32;1-17(21(22)23)24(18-11-5-2-6-12-18,19-13-7-3-8-14-19)20-15-9-4-10-16-20/h4-14,31-34H,15-17H2,1-3H3;2-17H,1H3. The fourth-order valence-corrected chi connectivity index (χ4v) is 12.2. The molecule has 0 saturated heterocycles. The van der Waals surface area contributed by atoms with Crippen molar-refractivity contribution >= 4 is 29.1 Å². The highest BCUT2D eigenvalue weighted by molar-refractivity contribution is 7.96. The van der Waals surface area contributed by atoms with Gasteiger partial charge in [0.2, 0.25) is 0 Å². The van der Waals surface area contributed by atoms with E-state index in [0.29, 0.717) is 47.1 Å². The minimum Gasteiger partial charge on any atom is -0.872 e. The molecule has 0 radical (unpaired) electrons. The number of aliphatic carboxylic acids is 1. The van der Waals surface area contributed by atoms with Crippen LogP contribution in [-0.2, 0) is 24.1 Å². The van der Waals surface area contributed by atoms with Gasteiger partial charge in [0.05, 0.1) is 0 Å². The van der Waals surface area contributed by atoms with Crippen molar-refractivity contribution in [2.45, 2.75) is 52.6 Å². The summed E-state index contributed by atoms with van der Waals surface area (Å²) in [4.78, 5) is 12.1. The molecule has 1 atom stereocenters. The quantitative estimate of drug-likeness (QED) is 0.0972. The second-order valence-corrected chi connectivity index (χ2v) is 18.6. The Balaban J connectivity index is 0.000000208. The first-order chi connectivity index (χ1) is 27.9. The van der Waals surface area contributed by atoms with Crippen molar-refractivity contribution in [1.82, 2.24) is 0 Å². The molecule has 7 rings (SSSR count). The smallest absolute Gasteiger partial charge is 0.345 e. The molecule has 0 saturated carbocycles. The largest absolute Gasteiger partial charge is 0.872 e. The van der Waals surface area contributed by atoms with Gasteiger partial charge in [-0.25, -0.2) is 4.79 Å².